The second kappa shape index (κ2) is 4.34. The third kappa shape index (κ3) is 2.67. The Bertz CT molecular complexity index is 364. The van der Waals surface area contributed by atoms with Crippen molar-refractivity contribution in [3.05, 3.63) is 22.3 Å². The van der Waals surface area contributed by atoms with Gasteiger partial charge in [0.25, 0.3) is 0 Å². The number of aryl methyl sites for hydroxylation is 1. The minimum atomic E-state index is 0.478. The van der Waals surface area contributed by atoms with E-state index in [4.69, 9.17) is 0 Å². The van der Waals surface area contributed by atoms with E-state index in [1.807, 2.05) is 24.9 Å². The van der Waals surface area contributed by atoms with Crippen LogP contribution < -0.4 is 5.32 Å². The Hall–Kier alpha value is -0.220. The fraction of sp³-hybridized carbons (Fsp3) is 0.545. The number of halogens is 1. The van der Waals surface area contributed by atoms with Crippen LogP contribution in [-0.2, 0) is 0 Å². The molecule has 0 radical (unpaired) electrons. The smallest absolute Gasteiger partial charge is 0.140 e. The van der Waals surface area contributed by atoms with Crippen molar-refractivity contribution in [2.24, 2.45) is 0 Å². The Labute approximate surface area is 103 Å². The molecule has 2 nitrogen and oxygen atoms in total. The molecule has 1 aliphatic carbocycles. The third-order valence-corrected chi connectivity index (χ3v) is 4.82. The molecule has 1 heterocycles. The fourth-order valence-corrected chi connectivity index (χ4v) is 2.83. The summed E-state index contributed by atoms with van der Waals surface area (Å²) in [7, 11) is 0. The molecule has 0 atom stereocenters. The van der Waals surface area contributed by atoms with Crippen molar-refractivity contribution in [2.45, 2.75) is 24.5 Å². The number of aromatic nitrogens is 1. The van der Waals surface area contributed by atoms with Crippen LogP contribution in [0.2, 0.25) is 0 Å². The summed E-state index contributed by atoms with van der Waals surface area (Å²) in [5.41, 5.74) is 1.18. The van der Waals surface area contributed by atoms with E-state index in [0.29, 0.717) is 4.75 Å². The molecule has 1 aliphatic rings. The molecule has 1 saturated carbocycles. The predicted octanol–water partition coefficient (Wildman–Crippen LogP) is 3.46. The van der Waals surface area contributed by atoms with E-state index in [1.54, 1.807) is 0 Å². The van der Waals surface area contributed by atoms with Crippen molar-refractivity contribution < 1.29 is 0 Å². The number of anilines is 1. The van der Waals surface area contributed by atoms with E-state index < -0.39 is 0 Å². The summed E-state index contributed by atoms with van der Waals surface area (Å²) in [5.74, 6) is 0.959. The average Bonchev–Trinajstić information content (AvgIpc) is 2.97. The quantitative estimate of drug-likeness (QED) is 0.918. The van der Waals surface area contributed by atoms with Crippen molar-refractivity contribution in [2.75, 3.05) is 18.1 Å². The van der Waals surface area contributed by atoms with Crippen LogP contribution in [0.5, 0.6) is 0 Å². The monoisotopic (exact) mass is 286 g/mol. The lowest BCUT2D eigenvalue weighted by molar-refractivity contribution is 0.938. The summed E-state index contributed by atoms with van der Waals surface area (Å²) in [5, 5.41) is 3.42. The van der Waals surface area contributed by atoms with Crippen LogP contribution in [0.3, 0.4) is 0 Å². The van der Waals surface area contributed by atoms with Gasteiger partial charge in [-0.2, -0.15) is 11.8 Å². The summed E-state index contributed by atoms with van der Waals surface area (Å²) >= 11 is 5.49. The second-order valence-electron chi connectivity index (χ2n) is 4.08. The van der Waals surface area contributed by atoms with Crippen molar-refractivity contribution in [1.82, 2.24) is 4.98 Å². The molecule has 0 aliphatic heterocycles. The van der Waals surface area contributed by atoms with Gasteiger partial charge in [-0.1, -0.05) is 0 Å². The summed E-state index contributed by atoms with van der Waals surface area (Å²) in [4.78, 5) is 4.38. The number of hydrogen-bond donors (Lipinski definition) is 1. The zero-order valence-corrected chi connectivity index (χ0v) is 11.4. The van der Waals surface area contributed by atoms with Crippen LogP contribution in [0.1, 0.15) is 18.4 Å². The molecule has 1 N–H and O–H groups in total. The molecule has 2 rings (SSSR count). The first-order valence-corrected chi connectivity index (χ1v) is 7.08. The van der Waals surface area contributed by atoms with Crippen molar-refractivity contribution in [3.63, 3.8) is 0 Å². The standard InChI is InChI=1S/C11H15BrN2S/c1-8-5-9(12)10(13-6-8)14-7-11(15-2)3-4-11/h5-6H,3-4,7H2,1-2H3,(H,13,14). The van der Waals surface area contributed by atoms with Crippen molar-refractivity contribution >= 4 is 33.5 Å². The fourth-order valence-electron chi connectivity index (χ4n) is 1.50. The molecular weight excluding hydrogens is 272 g/mol. The van der Waals surface area contributed by atoms with Crippen LogP contribution in [0.4, 0.5) is 5.82 Å². The highest BCUT2D eigenvalue weighted by molar-refractivity contribution is 9.10. The summed E-state index contributed by atoms with van der Waals surface area (Å²) < 4.78 is 1.53. The Morgan fingerprint density at radius 1 is 1.60 bits per heavy atom. The first-order chi connectivity index (χ1) is 7.15. The van der Waals surface area contributed by atoms with Crippen LogP contribution in [0.15, 0.2) is 16.7 Å². The molecule has 1 aromatic rings. The Morgan fingerprint density at radius 3 is 2.87 bits per heavy atom. The molecule has 1 aromatic heterocycles. The third-order valence-electron chi connectivity index (χ3n) is 2.80. The van der Waals surface area contributed by atoms with E-state index in [0.717, 1.165) is 16.8 Å². The predicted molar refractivity (Wildman–Crippen MR) is 70.6 cm³/mol. The summed E-state index contributed by atoms with van der Waals surface area (Å²) in [6, 6.07) is 2.09. The van der Waals surface area contributed by atoms with Gasteiger partial charge in [0, 0.05) is 17.5 Å². The number of nitrogens with one attached hydrogen (secondary N) is 1. The minimum absolute atomic E-state index is 0.478. The highest BCUT2D eigenvalue weighted by Gasteiger charge is 2.41. The van der Waals surface area contributed by atoms with Crippen LogP contribution in [0.25, 0.3) is 0 Å². The molecule has 0 spiro atoms. The number of rotatable bonds is 4. The van der Waals surface area contributed by atoms with Crippen molar-refractivity contribution in [1.29, 1.82) is 0 Å². The highest BCUT2D eigenvalue weighted by atomic mass is 79.9. The van der Waals surface area contributed by atoms with Gasteiger partial charge in [0.15, 0.2) is 0 Å². The van der Waals surface area contributed by atoms with Crippen molar-refractivity contribution in [3.8, 4) is 0 Å². The topological polar surface area (TPSA) is 24.9 Å². The molecule has 0 bridgehead atoms. The molecule has 4 heteroatoms. The second-order valence-corrected chi connectivity index (χ2v) is 6.21. The van der Waals surface area contributed by atoms with E-state index in [2.05, 4.69) is 38.6 Å². The molecular formula is C11H15BrN2S. The van der Waals surface area contributed by atoms with Gasteiger partial charge >= 0.3 is 0 Å². The zero-order chi connectivity index (χ0) is 10.9. The van der Waals surface area contributed by atoms with Gasteiger partial charge in [0.1, 0.15) is 5.82 Å². The molecule has 15 heavy (non-hydrogen) atoms. The lowest BCUT2D eigenvalue weighted by Gasteiger charge is -2.14. The van der Waals surface area contributed by atoms with Gasteiger partial charge in [-0.25, -0.2) is 4.98 Å². The van der Waals surface area contributed by atoms with Gasteiger partial charge < -0.3 is 5.32 Å². The summed E-state index contributed by atoms with van der Waals surface area (Å²) in [6.45, 7) is 3.06. The molecule has 0 aromatic carbocycles. The molecule has 0 amide bonds. The minimum Gasteiger partial charge on any atom is -0.368 e. The van der Waals surface area contributed by atoms with E-state index in [-0.39, 0.29) is 0 Å². The van der Waals surface area contributed by atoms with E-state index in [1.165, 1.54) is 18.4 Å². The first kappa shape index (κ1) is 11.3. The van der Waals surface area contributed by atoms with Gasteiger partial charge in [-0.3, -0.25) is 0 Å². The van der Waals surface area contributed by atoms with Gasteiger partial charge in [-0.15, -0.1) is 0 Å². The lowest BCUT2D eigenvalue weighted by atomic mass is 10.3. The lowest BCUT2D eigenvalue weighted by Crippen LogP contribution is -2.18. The number of pyridine rings is 1. The zero-order valence-electron chi connectivity index (χ0n) is 9.01. The molecule has 0 saturated heterocycles. The van der Waals surface area contributed by atoms with Gasteiger partial charge in [0.05, 0.1) is 4.47 Å². The van der Waals surface area contributed by atoms with Crippen LogP contribution in [0, 0.1) is 6.92 Å². The number of hydrogen-bond acceptors (Lipinski definition) is 3. The Kier molecular flexibility index (Phi) is 3.26. The maximum Gasteiger partial charge on any atom is 0.140 e. The first-order valence-electron chi connectivity index (χ1n) is 5.06. The number of nitrogens with zero attached hydrogens (tertiary/aromatic N) is 1. The summed E-state index contributed by atoms with van der Waals surface area (Å²) in [6.07, 6.45) is 6.73. The Balaban J connectivity index is 1.99. The maximum absolute atomic E-state index is 4.38. The van der Waals surface area contributed by atoms with Crippen LogP contribution >= 0.6 is 27.7 Å². The van der Waals surface area contributed by atoms with E-state index in [9.17, 15) is 0 Å². The number of thioether (sulfide) groups is 1. The highest BCUT2D eigenvalue weighted by Crippen LogP contribution is 2.47. The normalized spacial score (nSPS) is 17.5. The SMILES string of the molecule is CSC1(CNc2ncc(C)cc2Br)CC1. The Morgan fingerprint density at radius 2 is 2.33 bits per heavy atom. The van der Waals surface area contributed by atoms with Gasteiger partial charge in [-0.05, 0) is 53.6 Å². The van der Waals surface area contributed by atoms with Gasteiger partial charge in [0.2, 0.25) is 0 Å². The maximum atomic E-state index is 4.38. The van der Waals surface area contributed by atoms with E-state index >= 15 is 0 Å². The molecule has 0 unspecified atom stereocenters. The van der Waals surface area contributed by atoms with Crippen LogP contribution in [-0.4, -0.2) is 22.5 Å². The average molecular weight is 287 g/mol. The molecule has 82 valence electrons. The largest absolute Gasteiger partial charge is 0.368 e. The molecule has 1 fully saturated rings.